The van der Waals surface area contributed by atoms with Crippen LogP contribution in [0.4, 0.5) is 0 Å². The molecule has 0 radical (unpaired) electrons. The third kappa shape index (κ3) is 2.97. The van der Waals surface area contributed by atoms with Gasteiger partial charge in [-0.05, 0) is 24.5 Å². The summed E-state index contributed by atoms with van der Waals surface area (Å²) in [6.45, 7) is 5.93. The summed E-state index contributed by atoms with van der Waals surface area (Å²) in [5.74, 6) is 0.475. The zero-order chi connectivity index (χ0) is 16.6. The third-order valence-electron chi connectivity index (χ3n) is 3.97. The Hall–Kier alpha value is -2.62. The Balaban J connectivity index is 1.79. The van der Waals surface area contributed by atoms with Gasteiger partial charge in [-0.15, -0.1) is 0 Å². The molecule has 0 aliphatic carbocycles. The minimum atomic E-state index is -0.0269. The van der Waals surface area contributed by atoms with Gasteiger partial charge in [0, 0.05) is 13.6 Å². The summed E-state index contributed by atoms with van der Waals surface area (Å²) < 4.78 is 3.46. The number of aryl methyl sites for hydroxylation is 1. The van der Waals surface area contributed by atoms with Crippen molar-refractivity contribution in [1.29, 1.82) is 5.26 Å². The van der Waals surface area contributed by atoms with Crippen LogP contribution in [0, 0.1) is 17.2 Å². The van der Waals surface area contributed by atoms with Gasteiger partial charge in [-0.2, -0.15) is 15.5 Å². The van der Waals surface area contributed by atoms with Gasteiger partial charge >= 0.3 is 0 Å². The minimum absolute atomic E-state index is 0.0269. The number of hydrogen-bond donors (Lipinski definition) is 0. The van der Waals surface area contributed by atoms with Crippen molar-refractivity contribution in [3.8, 4) is 6.07 Å². The number of rotatable bonds is 3. The van der Waals surface area contributed by atoms with Crippen molar-refractivity contribution >= 4 is 5.91 Å². The maximum absolute atomic E-state index is 12.8. The summed E-state index contributed by atoms with van der Waals surface area (Å²) in [6.07, 6.45) is 0.861. The van der Waals surface area contributed by atoms with Gasteiger partial charge in [0.2, 0.25) is 0 Å². The van der Waals surface area contributed by atoms with Crippen molar-refractivity contribution in [2.24, 2.45) is 13.0 Å². The van der Waals surface area contributed by atoms with Crippen LogP contribution in [0.3, 0.4) is 0 Å². The fourth-order valence-corrected chi connectivity index (χ4v) is 2.90. The number of carbonyl (C=O) groups is 1. The molecule has 0 N–H and O–H groups in total. The molecular weight excluding hydrogens is 292 g/mol. The first kappa shape index (κ1) is 15.3. The van der Waals surface area contributed by atoms with E-state index in [-0.39, 0.29) is 5.91 Å². The molecule has 2 aromatic heterocycles. The predicted octanol–water partition coefficient (Wildman–Crippen LogP) is 1.34. The second-order valence-corrected chi connectivity index (χ2v) is 6.33. The molecule has 0 saturated heterocycles. The van der Waals surface area contributed by atoms with Crippen LogP contribution in [0.25, 0.3) is 0 Å². The van der Waals surface area contributed by atoms with Crippen molar-refractivity contribution in [1.82, 2.24) is 24.5 Å². The lowest BCUT2D eigenvalue weighted by Gasteiger charge is -2.27. The first-order valence-electron chi connectivity index (χ1n) is 7.77. The lowest BCUT2D eigenvalue weighted by atomic mass is 10.1. The lowest BCUT2D eigenvalue weighted by molar-refractivity contribution is 0.0695. The molecule has 23 heavy (non-hydrogen) atoms. The van der Waals surface area contributed by atoms with Crippen LogP contribution in [0.5, 0.6) is 0 Å². The Labute approximate surface area is 135 Å². The number of aromatic nitrogens is 4. The van der Waals surface area contributed by atoms with Crippen LogP contribution in [0.1, 0.15) is 41.4 Å². The smallest absolute Gasteiger partial charge is 0.272 e. The average molecular weight is 312 g/mol. The maximum atomic E-state index is 12.8. The normalized spacial score (nSPS) is 14.0. The van der Waals surface area contributed by atoms with Gasteiger partial charge in [0.1, 0.15) is 11.8 Å². The highest BCUT2D eigenvalue weighted by molar-refractivity contribution is 5.92. The van der Waals surface area contributed by atoms with Crippen molar-refractivity contribution in [2.45, 2.75) is 33.4 Å². The molecule has 3 rings (SSSR count). The fraction of sp³-hybridized carbons (Fsp3) is 0.500. The Bertz CT molecular complexity index is 779. The standard InChI is InChI=1S/C16H20N6O/c1-11(2)6-12-8-15(20(3)18-12)16(23)21-4-5-22-14(10-21)7-13(9-17)19-22/h7-8,11H,4-6,10H2,1-3H3. The Morgan fingerprint density at radius 2 is 2.13 bits per heavy atom. The summed E-state index contributed by atoms with van der Waals surface area (Å²) in [7, 11) is 1.80. The van der Waals surface area contributed by atoms with Crippen LogP contribution in [-0.4, -0.2) is 36.9 Å². The Morgan fingerprint density at radius 1 is 1.35 bits per heavy atom. The van der Waals surface area contributed by atoms with Gasteiger partial charge in [0.25, 0.3) is 5.91 Å². The second-order valence-electron chi connectivity index (χ2n) is 6.33. The molecule has 1 amide bonds. The molecule has 1 aliphatic heterocycles. The summed E-state index contributed by atoms with van der Waals surface area (Å²) in [5, 5.41) is 17.6. The first-order chi connectivity index (χ1) is 11.0. The molecular formula is C16H20N6O. The van der Waals surface area contributed by atoms with Gasteiger partial charge < -0.3 is 4.90 Å². The molecule has 2 aromatic rings. The first-order valence-corrected chi connectivity index (χ1v) is 7.77. The SMILES string of the molecule is CC(C)Cc1cc(C(=O)N2CCn3nc(C#N)cc3C2)n(C)n1. The molecule has 0 fully saturated rings. The highest BCUT2D eigenvalue weighted by atomic mass is 16.2. The van der Waals surface area contributed by atoms with Crippen LogP contribution >= 0.6 is 0 Å². The van der Waals surface area contributed by atoms with Crippen molar-refractivity contribution < 1.29 is 4.79 Å². The molecule has 0 atom stereocenters. The van der Waals surface area contributed by atoms with Gasteiger partial charge in [-0.1, -0.05) is 13.8 Å². The topological polar surface area (TPSA) is 79.7 Å². The van der Waals surface area contributed by atoms with E-state index in [0.717, 1.165) is 17.8 Å². The molecule has 0 aromatic carbocycles. The number of fused-ring (bicyclic) bond motifs is 1. The Kier molecular flexibility index (Phi) is 3.90. The van der Waals surface area contributed by atoms with Crippen molar-refractivity contribution in [3.63, 3.8) is 0 Å². The zero-order valence-corrected chi connectivity index (χ0v) is 13.7. The van der Waals surface area contributed by atoms with E-state index in [0.29, 0.717) is 36.9 Å². The van der Waals surface area contributed by atoms with E-state index in [9.17, 15) is 4.79 Å². The second kappa shape index (κ2) is 5.88. The lowest BCUT2D eigenvalue weighted by Crippen LogP contribution is -2.39. The summed E-state index contributed by atoms with van der Waals surface area (Å²) in [5.41, 5.74) is 2.84. The molecule has 0 saturated carbocycles. The number of amides is 1. The summed E-state index contributed by atoms with van der Waals surface area (Å²) in [6, 6.07) is 5.67. The molecule has 7 heteroatoms. The van der Waals surface area contributed by atoms with E-state index >= 15 is 0 Å². The quantitative estimate of drug-likeness (QED) is 0.856. The van der Waals surface area contributed by atoms with Crippen molar-refractivity contribution in [3.05, 3.63) is 34.9 Å². The number of nitriles is 1. The summed E-state index contributed by atoms with van der Waals surface area (Å²) >= 11 is 0. The monoisotopic (exact) mass is 312 g/mol. The van der Waals surface area contributed by atoms with E-state index in [4.69, 9.17) is 5.26 Å². The molecule has 3 heterocycles. The van der Waals surface area contributed by atoms with Gasteiger partial charge in [0.15, 0.2) is 5.69 Å². The van der Waals surface area contributed by atoms with E-state index in [1.807, 2.05) is 12.1 Å². The number of hydrogen-bond acceptors (Lipinski definition) is 4. The highest BCUT2D eigenvalue weighted by Gasteiger charge is 2.25. The van der Waals surface area contributed by atoms with Crippen LogP contribution in [-0.2, 0) is 26.6 Å². The largest absolute Gasteiger partial charge is 0.330 e. The fourth-order valence-electron chi connectivity index (χ4n) is 2.90. The van der Waals surface area contributed by atoms with Crippen LogP contribution in [0.2, 0.25) is 0 Å². The van der Waals surface area contributed by atoms with E-state index in [1.165, 1.54) is 0 Å². The van der Waals surface area contributed by atoms with E-state index in [2.05, 4.69) is 24.0 Å². The number of carbonyl (C=O) groups excluding carboxylic acids is 1. The van der Waals surface area contributed by atoms with Crippen molar-refractivity contribution in [2.75, 3.05) is 6.54 Å². The molecule has 120 valence electrons. The Morgan fingerprint density at radius 3 is 2.83 bits per heavy atom. The maximum Gasteiger partial charge on any atom is 0.272 e. The van der Waals surface area contributed by atoms with Crippen LogP contribution in [0.15, 0.2) is 12.1 Å². The van der Waals surface area contributed by atoms with Crippen LogP contribution < -0.4 is 0 Å². The number of nitrogens with zero attached hydrogens (tertiary/aromatic N) is 6. The highest BCUT2D eigenvalue weighted by Crippen LogP contribution is 2.17. The van der Waals surface area contributed by atoms with Gasteiger partial charge in [-0.3, -0.25) is 14.2 Å². The molecule has 0 spiro atoms. The molecule has 7 nitrogen and oxygen atoms in total. The molecule has 0 unspecified atom stereocenters. The van der Waals surface area contributed by atoms with Gasteiger partial charge in [-0.25, -0.2) is 0 Å². The van der Waals surface area contributed by atoms with E-state index < -0.39 is 0 Å². The van der Waals surface area contributed by atoms with E-state index in [1.54, 1.807) is 27.4 Å². The third-order valence-corrected chi connectivity index (χ3v) is 3.97. The minimum Gasteiger partial charge on any atom is -0.330 e. The summed E-state index contributed by atoms with van der Waals surface area (Å²) in [4.78, 5) is 14.6. The predicted molar refractivity (Wildman–Crippen MR) is 83.4 cm³/mol. The molecule has 0 bridgehead atoms. The molecule has 1 aliphatic rings. The zero-order valence-electron chi connectivity index (χ0n) is 13.7. The van der Waals surface area contributed by atoms with Gasteiger partial charge in [0.05, 0.1) is 24.5 Å². The average Bonchev–Trinajstić information content (AvgIpc) is 3.08.